The molecule has 1 aliphatic rings. The van der Waals surface area contributed by atoms with Gasteiger partial charge in [0.05, 0.1) is 0 Å². The number of rotatable bonds is 7. The van der Waals surface area contributed by atoms with E-state index in [0.717, 1.165) is 0 Å². The van der Waals surface area contributed by atoms with E-state index in [9.17, 15) is 19.2 Å². The molecule has 2 N–H and O–H groups in total. The van der Waals surface area contributed by atoms with Gasteiger partial charge < -0.3 is 15.3 Å². The lowest BCUT2D eigenvalue weighted by Crippen LogP contribution is -2.36. The van der Waals surface area contributed by atoms with E-state index in [1.165, 1.54) is 0 Å². The highest BCUT2D eigenvalue weighted by atomic mass is 16.7. The number of aliphatic hydroxyl groups is 1. The van der Waals surface area contributed by atoms with Gasteiger partial charge in [-0.15, -0.1) is 5.06 Å². The quantitative estimate of drug-likeness (QED) is 0.205. The average Bonchev–Trinajstić information content (AvgIpc) is 2.74. The number of hydrogen-bond donors (Lipinski definition) is 2. The Morgan fingerprint density at radius 3 is 2.40 bits per heavy atom. The van der Waals surface area contributed by atoms with E-state index in [4.69, 9.17) is 5.11 Å². The minimum absolute atomic E-state index is 0.0119. The fourth-order valence-electron chi connectivity index (χ4n) is 1.43. The summed E-state index contributed by atoms with van der Waals surface area (Å²) in [5, 5.41) is 11.3. The van der Waals surface area contributed by atoms with Crippen molar-refractivity contribution < 1.29 is 29.1 Å². The van der Waals surface area contributed by atoms with Crippen molar-refractivity contribution in [1.82, 2.24) is 10.4 Å². The summed E-state index contributed by atoms with van der Waals surface area (Å²) in [4.78, 5) is 50.1. The number of nitrogens with one attached hydrogen (secondary N) is 1. The molecule has 1 heterocycles. The van der Waals surface area contributed by atoms with Crippen LogP contribution in [0.2, 0.25) is 0 Å². The van der Waals surface area contributed by atoms with Crippen molar-refractivity contribution in [1.29, 1.82) is 0 Å². The molecule has 3 amide bonds. The average molecular weight is 284 g/mol. The fraction of sp³-hybridized carbons (Fsp3) is 0.500. The number of hydrogen-bond acceptors (Lipinski definition) is 6. The van der Waals surface area contributed by atoms with Crippen molar-refractivity contribution in [2.75, 3.05) is 13.2 Å². The molecular weight excluding hydrogens is 268 g/mol. The van der Waals surface area contributed by atoms with Crippen molar-refractivity contribution in [2.45, 2.75) is 25.7 Å². The molecule has 1 saturated heterocycles. The summed E-state index contributed by atoms with van der Waals surface area (Å²) in [6.45, 7) is 3.54. The maximum Gasteiger partial charge on any atom is 0.368 e. The van der Waals surface area contributed by atoms with E-state index in [-0.39, 0.29) is 26.0 Å². The number of carbonyl (C=O) groups is 4. The highest BCUT2D eigenvalue weighted by Gasteiger charge is 2.34. The molecule has 1 rings (SSSR count). The van der Waals surface area contributed by atoms with Crippen LogP contribution in [0.15, 0.2) is 12.2 Å². The largest absolute Gasteiger partial charge is 0.396 e. The van der Waals surface area contributed by atoms with Gasteiger partial charge in [-0.1, -0.05) is 6.58 Å². The Hall–Kier alpha value is -2.22. The van der Waals surface area contributed by atoms with Crippen LogP contribution in [-0.2, 0) is 24.0 Å². The van der Waals surface area contributed by atoms with Crippen molar-refractivity contribution in [3.63, 3.8) is 0 Å². The van der Waals surface area contributed by atoms with Crippen molar-refractivity contribution >= 4 is 23.7 Å². The second-order valence-corrected chi connectivity index (χ2v) is 4.13. The predicted molar refractivity (Wildman–Crippen MR) is 65.6 cm³/mol. The van der Waals surface area contributed by atoms with Gasteiger partial charge in [0.2, 0.25) is 0 Å². The molecule has 0 aromatic heterocycles. The standard InChI is InChI=1S/C12H16N2O6/c1-8(11(18)13-6-2-3-7-15)12(19)20-14-9(16)4-5-10(14)17/h15H,1-7H2,(H,13,18). The Kier molecular flexibility index (Phi) is 5.85. The van der Waals surface area contributed by atoms with Crippen LogP contribution in [0.3, 0.4) is 0 Å². The third-order valence-electron chi connectivity index (χ3n) is 2.57. The van der Waals surface area contributed by atoms with Crippen LogP contribution in [-0.4, -0.2) is 47.0 Å². The van der Waals surface area contributed by atoms with E-state index in [2.05, 4.69) is 16.7 Å². The van der Waals surface area contributed by atoms with Gasteiger partial charge in [-0.05, 0) is 12.8 Å². The molecule has 8 heteroatoms. The van der Waals surface area contributed by atoms with Crippen molar-refractivity contribution in [2.24, 2.45) is 0 Å². The van der Waals surface area contributed by atoms with Crippen LogP contribution >= 0.6 is 0 Å². The van der Waals surface area contributed by atoms with Crippen LogP contribution < -0.4 is 5.32 Å². The van der Waals surface area contributed by atoms with E-state index in [1.807, 2.05) is 0 Å². The number of unbranched alkanes of at least 4 members (excludes halogenated alkanes) is 1. The zero-order chi connectivity index (χ0) is 15.1. The number of hydroxylamine groups is 2. The van der Waals surface area contributed by atoms with Gasteiger partial charge in [0.1, 0.15) is 5.57 Å². The Bertz CT molecular complexity index is 429. The van der Waals surface area contributed by atoms with Gasteiger partial charge in [-0.25, -0.2) is 4.79 Å². The molecule has 20 heavy (non-hydrogen) atoms. The van der Waals surface area contributed by atoms with Crippen LogP contribution in [0.25, 0.3) is 0 Å². The summed E-state index contributed by atoms with van der Waals surface area (Å²) in [6.07, 6.45) is 1.03. The second-order valence-electron chi connectivity index (χ2n) is 4.13. The predicted octanol–water partition coefficient (Wildman–Crippen LogP) is -0.962. The smallest absolute Gasteiger partial charge is 0.368 e. The SMILES string of the molecule is C=C(C(=O)NCCCCO)C(=O)ON1C(=O)CCC1=O. The number of carbonyl (C=O) groups excluding carboxylic acids is 4. The van der Waals surface area contributed by atoms with Crippen LogP contribution in [0.4, 0.5) is 0 Å². The highest BCUT2D eigenvalue weighted by molar-refractivity contribution is 6.16. The zero-order valence-electron chi connectivity index (χ0n) is 10.9. The summed E-state index contributed by atoms with van der Waals surface area (Å²) in [7, 11) is 0. The number of imide groups is 1. The van der Waals surface area contributed by atoms with Gasteiger partial charge >= 0.3 is 5.97 Å². The molecule has 1 fully saturated rings. The first-order valence-corrected chi connectivity index (χ1v) is 6.13. The Morgan fingerprint density at radius 2 is 1.85 bits per heavy atom. The number of aliphatic hydroxyl groups excluding tert-OH is 1. The second kappa shape index (κ2) is 7.39. The Morgan fingerprint density at radius 1 is 1.25 bits per heavy atom. The van der Waals surface area contributed by atoms with Crippen molar-refractivity contribution in [3.05, 3.63) is 12.2 Å². The third kappa shape index (κ3) is 4.16. The Labute approximate surface area is 115 Å². The highest BCUT2D eigenvalue weighted by Crippen LogP contribution is 2.13. The van der Waals surface area contributed by atoms with E-state index in [0.29, 0.717) is 17.9 Å². The zero-order valence-corrected chi connectivity index (χ0v) is 10.9. The third-order valence-corrected chi connectivity index (χ3v) is 2.57. The lowest BCUT2D eigenvalue weighted by Gasteiger charge is -2.13. The first-order valence-electron chi connectivity index (χ1n) is 6.13. The number of nitrogens with zero attached hydrogens (tertiary/aromatic N) is 1. The summed E-state index contributed by atoms with van der Waals surface area (Å²) >= 11 is 0. The lowest BCUT2D eigenvalue weighted by molar-refractivity contribution is -0.194. The number of amides is 3. The monoisotopic (exact) mass is 284 g/mol. The Balaban J connectivity index is 2.42. The molecule has 0 unspecified atom stereocenters. The normalized spacial score (nSPS) is 14.3. The molecule has 0 aliphatic carbocycles. The first-order chi connectivity index (χ1) is 9.47. The molecule has 1 aliphatic heterocycles. The minimum Gasteiger partial charge on any atom is -0.396 e. The minimum atomic E-state index is -1.15. The summed E-state index contributed by atoms with van der Waals surface area (Å²) < 4.78 is 0. The molecule has 0 spiro atoms. The van der Waals surface area contributed by atoms with Gasteiger partial charge in [0.15, 0.2) is 0 Å². The van der Waals surface area contributed by atoms with E-state index < -0.39 is 29.3 Å². The maximum absolute atomic E-state index is 11.6. The van der Waals surface area contributed by atoms with Gasteiger partial charge in [0.25, 0.3) is 17.7 Å². The molecule has 0 bridgehead atoms. The summed E-state index contributed by atoms with van der Waals surface area (Å²) in [6, 6.07) is 0. The lowest BCUT2D eigenvalue weighted by atomic mass is 10.2. The van der Waals surface area contributed by atoms with E-state index >= 15 is 0 Å². The molecule has 110 valence electrons. The van der Waals surface area contributed by atoms with Gasteiger partial charge in [-0.3, -0.25) is 14.4 Å². The first kappa shape index (κ1) is 15.8. The van der Waals surface area contributed by atoms with Crippen LogP contribution in [0.1, 0.15) is 25.7 Å². The van der Waals surface area contributed by atoms with Crippen LogP contribution in [0.5, 0.6) is 0 Å². The van der Waals surface area contributed by atoms with E-state index in [1.54, 1.807) is 0 Å². The van der Waals surface area contributed by atoms with Crippen LogP contribution in [0, 0.1) is 0 Å². The van der Waals surface area contributed by atoms with Gasteiger partial charge in [0, 0.05) is 26.0 Å². The molecule has 0 aromatic carbocycles. The topological polar surface area (TPSA) is 113 Å². The fourth-order valence-corrected chi connectivity index (χ4v) is 1.43. The molecule has 0 aromatic rings. The summed E-state index contributed by atoms with van der Waals surface area (Å²) in [5.74, 6) is -3.14. The molecular formula is C12H16N2O6. The van der Waals surface area contributed by atoms with Gasteiger partial charge in [-0.2, -0.15) is 0 Å². The molecule has 0 saturated carbocycles. The summed E-state index contributed by atoms with van der Waals surface area (Å²) in [5.41, 5.74) is -0.499. The van der Waals surface area contributed by atoms with Crippen molar-refractivity contribution in [3.8, 4) is 0 Å². The molecule has 0 atom stereocenters. The molecule has 8 nitrogen and oxygen atoms in total. The maximum atomic E-state index is 11.6. The molecule has 0 radical (unpaired) electrons.